The SMILES string of the molecule is CCCNC(NC(C)C)C(C)(C)C. The maximum absolute atomic E-state index is 3.54. The predicted molar refractivity (Wildman–Crippen MR) is 59.8 cm³/mol. The van der Waals surface area contributed by atoms with Gasteiger partial charge in [0.1, 0.15) is 0 Å². The molecular weight excluding hydrogens is 160 g/mol. The van der Waals surface area contributed by atoms with Crippen molar-refractivity contribution in [3.05, 3.63) is 0 Å². The molecule has 2 N–H and O–H groups in total. The molecule has 0 heterocycles. The van der Waals surface area contributed by atoms with Crippen LogP contribution in [0.4, 0.5) is 0 Å². The first-order valence-corrected chi connectivity index (χ1v) is 5.37. The first kappa shape index (κ1) is 12.9. The molecule has 0 bridgehead atoms. The second-order valence-corrected chi connectivity index (χ2v) is 5.07. The largest absolute Gasteiger partial charge is 0.301 e. The summed E-state index contributed by atoms with van der Waals surface area (Å²) in [6.45, 7) is 14.4. The van der Waals surface area contributed by atoms with Gasteiger partial charge in [-0.15, -0.1) is 0 Å². The monoisotopic (exact) mass is 186 g/mol. The number of nitrogens with one attached hydrogen (secondary N) is 2. The Morgan fingerprint density at radius 3 is 2.00 bits per heavy atom. The van der Waals surface area contributed by atoms with Gasteiger partial charge in [0, 0.05) is 6.04 Å². The summed E-state index contributed by atoms with van der Waals surface area (Å²) in [4.78, 5) is 0. The smallest absolute Gasteiger partial charge is 0.0623 e. The molecule has 0 aliphatic rings. The highest BCUT2D eigenvalue weighted by molar-refractivity contribution is 4.79. The van der Waals surface area contributed by atoms with Crippen molar-refractivity contribution in [3.63, 3.8) is 0 Å². The Kier molecular flexibility index (Phi) is 5.57. The van der Waals surface area contributed by atoms with Crippen molar-refractivity contribution in [2.75, 3.05) is 6.54 Å². The predicted octanol–water partition coefficient (Wildman–Crippen LogP) is 2.36. The molecule has 0 aromatic carbocycles. The molecule has 0 radical (unpaired) electrons. The molecule has 2 nitrogen and oxygen atoms in total. The lowest BCUT2D eigenvalue weighted by molar-refractivity contribution is 0.213. The van der Waals surface area contributed by atoms with Gasteiger partial charge in [0.2, 0.25) is 0 Å². The maximum Gasteiger partial charge on any atom is 0.0623 e. The minimum atomic E-state index is 0.277. The lowest BCUT2D eigenvalue weighted by Crippen LogP contribution is -2.53. The molecular formula is C11H26N2. The second kappa shape index (κ2) is 5.61. The van der Waals surface area contributed by atoms with Crippen LogP contribution in [0.5, 0.6) is 0 Å². The minimum Gasteiger partial charge on any atom is -0.301 e. The van der Waals surface area contributed by atoms with Crippen molar-refractivity contribution < 1.29 is 0 Å². The molecule has 0 spiro atoms. The second-order valence-electron chi connectivity index (χ2n) is 5.07. The van der Waals surface area contributed by atoms with Gasteiger partial charge in [-0.1, -0.05) is 27.7 Å². The molecule has 0 rings (SSSR count). The Labute approximate surface area is 83.5 Å². The molecule has 2 heteroatoms. The van der Waals surface area contributed by atoms with Gasteiger partial charge in [-0.3, -0.25) is 5.32 Å². The summed E-state index contributed by atoms with van der Waals surface area (Å²) in [6, 6.07) is 0.536. The summed E-state index contributed by atoms with van der Waals surface area (Å²) in [5.41, 5.74) is 0.277. The normalized spacial score (nSPS) is 15.0. The van der Waals surface area contributed by atoms with E-state index < -0.39 is 0 Å². The van der Waals surface area contributed by atoms with E-state index in [4.69, 9.17) is 0 Å². The molecule has 0 aromatic rings. The van der Waals surface area contributed by atoms with Crippen LogP contribution < -0.4 is 10.6 Å². The quantitative estimate of drug-likeness (QED) is 0.644. The van der Waals surface area contributed by atoms with Crippen LogP contribution >= 0.6 is 0 Å². The van der Waals surface area contributed by atoms with Gasteiger partial charge in [0.25, 0.3) is 0 Å². The minimum absolute atomic E-state index is 0.277. The fourth-order valence-electron chi connectivity index (χ4n) is 1.24. The zero-order valence-corrected chi connectivity index (χ0v) is 10.1. The molecule has 0 saturated carbocycles. The van der Waals surface area contributed by atoms with E-state index in [9.17, 15) is 0 Å². The lowest BCUT2D eigenvalue weighted by atomic mass is 9.91. The molecule has 13 heavy (non-hydrogen) atoms. The van der Waals surface area contributed by atoms with Crippen LogP contribution in [0.15, 0.2) is 0 Å². The Morgan fingerprint density at radius 2 is 1.69 bits per heavy atom. The van der Waals surface area contributed by atoms with Crippen molar-refractivity contribution in [2.45, 2.75) is 60.2 Å². The third-order valence-corrected chi connectivity index (χ3v) is 1.96. The van der Waals surface area contributed by atoms with E-state index in [1.165, 1.54) is 6.42 Å². The Bertz CT molecular complexity index is 125. The van der Waals surface area contributed by atoms with Gasteiger partial charge >= 0.3 is 0 Å². The standard InChI is InChI=1S/C11H26N2/c1-7-8-12-10(11(4,5)6)13-9(2)3/h9-10,12-13H,7-8H2,1-6H3. The van der Waals surface area contributed by atoms with Gasteiger partial charge < -0.3 is 5.32 Å². The average molecular weight is 186 g/mol. The molecule has 0 aliphatic heterocycles. The summed E-state index contributed by atoms with van der Waals surface area (Å²) in [5.74, 6) is 0. The number of rotatable bonds is 5. The van der Waals surface area contributed by atoms with E-state index in [1.54, 1.807) is 0 Å². The highest BCUT2D eigenvalue weighted by Crippen LogP contribution is 2.17. The van der Waals surface area contributed by atoms with Gasteiger partial charge in [-0.25, -0.2) is 0 Å². The molecule has 0 fully saturated rings. The summed E-state index contributed by atoms with van der Waals surface area (Å²) in [5, 5.41) is 7.07. The van der Waals surface area contributed by atoms with Crippen molar-refractivity contribution in [3.8, 4) is 0 Å². The molecule has 0 aliphatic carbocycles. The van der Waals surface area contributed by atoms with Crippen LogP contribution in [-0.4, -0.2) is 18.8 Å². The van der Waals surface area contributed by atoms with Crippen molar-refractivity contribution in [2.24, 2.45) is 5.41 Å². The van der Waals surface area contributed by atoms with Crippen molar-refractivity contribution in [1.82, 2.24) is 10.6 Å². The van der Waals surface area contributed by atoms with E-state index in [2.05, 4.69) is 52.2 Å². The molecule has 0 amide bonds. The van der Waals surface area contributed by atoms with Crippen molar-refractivity contribution in [1.29, 1.82) is 0 Å². The van der Waals surface area contributed by atoms with E-state index in [0.29, 0.717) is 12.2 Å². The maximum atomic E-state index is 3.54. The summed E-state index contributed by atoms with van der Waals surface area (Å²) in [6.07, 6.45) is 1.60. The molecule has 1 unspecified atom stereocenters. The lowest BCUT2D eigenvalue weighted by Gasteiger charge is -2.34. The Hall–Kier alpha value is -0.0800. The molecule has 1 atom stereocenters. The zero-order valence-electron chi connectivity index (χ0n) is 10.1. The summed E-state index contributed by atoms with van der Waals surface area (Å²) in [7, 11) is 0. The van der Waals surface area contributed by atoms with Crippen LogP contribution in [0.2, 0.25) is 0 Å². The van der Waals surface area contributed by atoms with Gasteiger partial charge in [-0.2, -0.15) is 0 Å². The topological polar surface area (TPSA) is 24.1 Å². The van der Waals surface area contributed by atoms with E-state index >= 15 is 0 Å². The van der Waals surface area contributed by atoms with Gasteiger partial charge in [0.15, 0.2) is 0 Å². The average Bonchev–Trinajstić information content (AvgIpc) is 1.95. The van der Waals surface area contributed by atoms with E-state index in [1.807, 2.05) is 0 Å². The van der Waals surface area contributed by atoms with Gasteiger partial charge in [0.05, 0.1) is 6.17 Å². The first-order chi connectivity index (χ1) is 5.88. The van der Waals surface area contributed by atoms with Crippen molar-refractivity contribution >= 4 is 0 Å². The number of hydrogen-bond donors (Lipinski definition) is 2. The summed E-state index contributed by atoms with van der Waals surface area (Å²) < 4.78 is 0. The van der Waals surface area contributed by atoms with Crippen LogP contribution in [0, 0.1) is 5.41 Å². The highest BCUT2D eigenvalue weighted by atomic mass is 15.1. The number of hydrogen-bond acceptors (Lipinski definition) is 2. The van der Waals surface area contributed by atoms with Crippen LogP contribution in [-0.2, 0) is 0 Å². The first-order valence-electron chi connectivity index (χ1n) is 5.37. The van der Waals surface area contributed by atoms with E-state index in [0.717, 1.165) is 6.54 Å². The fraction of sp³-hybridized carbons (Fsp3) is 1.00. The third-order valence-electron chi connectivity index (χ3n) is 1.96. The Balaban J connectivity index is 4.03. The van der Waals surface area contributed by atoms with Gasteiger partial charge in [-0.05, 0) is 32.2 Å². The van der Waals surface area contributed by atoms with Crippen LogP contribution in [0.1, 0.15) is 48.0 Å². The van der Waals surface area contributed by atoms with E-state index in [-0.39, 0.29) is 5.41 Å². The molecule has 0 saturated heterocycles. The van der Waals surface area contributed by atoms with Crippen LogP contribution in [0.3, 0.4) is 0 Å². The molecule has 80 valence electrons. The molecule has 0 aromatic heterocycles. The summed E-state index contributed by atoms with van der Waals surface area (Å²) >= 11 is 0. The highest BCUT2D eigenvalue weighted by Gasteiger charge is 2.23. The Morgan fingerprint density at radius 1 is 1.15 bits per heavy atom. The fourth-order valence-corrected chi connectivity index (χ4v) is 1.24. The third kappa shape index (κ3) is 6.05. The zero-order chi connectivity index (χ0) is 10.5. The van der Waals surface area contributed by atoms with Crippen LogP contribution in [0.25, 0.3) is 0 Å².